The maximum atomic E-state index is 13.8. The molecule has 3 aromatic rings. The molecule has 0 saturated carbocycles. The molecule has 0 radical (unpaired) electrons. The van der Waals surface area contributed by atoms with Crippen LogP contribution in [0.3, 0.4) is 0 Å². The zero-order valence-corrected chi connectivity index (χ0v) is 16.7. The van der Waals surface area contributed by atoms with Crippen molar-refractivity contribution in [3.8, 4) is 11.6 Å². The number of methoxy groups -OCH3 is 1. The number of fused-ring (bicyclic) bond motifs is 1. The van der Waals surface area contributed by atoms with Gasteiger partial charge in [-0.3, -0.25) is 5.32 Å². The van der Waals surface area contributed by atoms with E-state index in [0.29, 0.717) is 49.8 Å². The van der Waals surface area contributed by atoms with Crippen LogP contribution in [0.15, 0.2) is 34.9 Å². The van der Waals surface area contributed by atoms with E-state index in [0.717, 1.165) is 5.69 Å². The van der Waals surface area contributed by atoms with Crippen molar-refractivity contribution in [2.45, 2.75) is 6.92 Å². The molecule has 2 amide bonds. The Labute approximate surface area is 172 Å². The number of urea groups is 1. The topological polar surface area (TPSA) is 93.0 Å². The molecule has 0 atom stereocenters. The lowest BCUT2D eigenvalue weighted by Crippen LogP contribution is -2.50. The van der Waals surface area contributed by atoms with Gasteiger partial charge >= 0.3 is 6.03 Å². The highest BCUT2D eigenvalue weighted by molar-refractivity contribution is 5.90. The van der Waals surface area contributed by atoms with Gasteiger partial charge in [0.05, 0.1) is 20.0 Å². The van der Waals surface area contributed by atoms with Crippen molar-refractivity contribution >= 4 is 28.8 Å². The minimum atomic E-state index is -0.360. The van der Waals surface area contributed by atoms with E-state index in [-0.39, 0.29) is 23.5 Å². The van der Waals surface area contributed by atoms with E-state index < -0.39 is 0 Å². The molecule has 2 aromatic heterocycles. The molecule has 9 nitrogen and oxygen atoms in total. The van der Waals surface area contributed by atoms with Gasteiger partial charge in [0.15, 0.2) is 5.82 Å². The average Bonchev–Trinajstić information content (AvgIpc) is 3.21. The molecule has 0 unspecified atom stereocenters. The third-order valence-corrected chi connectivity index (χ3v) is 4.79. The Morgan fingerprint density at radius 2 is 2.03 bits per heavy atom. The molecule has 1 aliphatic heterocycles. The highest BCUT2D eigenvalue weighted by atomic mass is 19.1. The number of ether oxygens (including phenoxy) is 2. The predicted molar refractivity (Wildman–Crippen MR) is 109 cm³/mol. The zero-order valence-electron chi connectivity index (χ0n) is 16.7. The van der Waals surface area contributed by atoms with Crippen LogP contribution >= 0.6 is 0 Å². The maximum Gasteiger partial charge on any atom is 0.323 e. The molecular weight excluding hydrogens is 393 g/mol. The van der Waals surface area contributed by atoms with E-state index in [1.807, 2.05) is 11.8 Å². The number of halogens is 1. The van der Waals surface area contributed by atoms with Gasteiger partial charge in [0.25, 0.3) is 5.88 Å². The molecule has 158 valence electrons. The van der Waals surface area contributed by atoms with Crippen LogP contribution in [0.25, 0.3) is 11.2 Å². The number of benzene rings is 1. The van der Waals surface area contributed by atoms with Crippen molar-refractivity contribution in [3.05, 3.63) is 36.3 Å². The molecule has 1 aliphatic rings. The second kappa shape index (κ2) is 8.44. The molecular formula is C20H22FN5O4. The summed E-state index contributed by atoms with van der Waals surface area (Å²) in [5.41, 5.74) is 1.59. The number of nitrogens with zero attached hydrogens (tertiary/aromatic N) is 4. The quantitative estimate of drug-likeness (QED) is 0.684. The number of rotatable bonds is 5. The molecule has 0 spiro atoms. The highest BCUT2D eigenvalue weighted by Gasteiger charge is 2.24. The largest absolute Gasteiger partial charge is 0.497 e. The second-order valence-electron chi connectivity index (χ2n) is 6.67. The van der Waals surface area contributed by atoms with Gasteiger partial charge in [0, 0.05) is 50.1 Å². The van der Waals surface area contributed by atoms with Crippen LogP contribution in [-0.2, 0) is 0 Å². The summed E-state index contributed by atoms with van der Waals surface area (Å²) in [4.78, 5) is 25.1. The fraction of sp³-hybridized carbons (Fsp3) is 0.350. The van der Waals surface area contributed by atoms with E-state index in [4.69, 9.17) is 13.9 Å². The lowest BCUT2D eigenvalue weighted by Gasteiger charge is -2.36. The molecule has 0 bridgehead atoms. The van der Waals surface area contributed by atoms with Gasteiger partial charge in [0.2, 0.25) is 5.71 Å². The Hall–Kier alpha value is -3.56. The van der Waals surface area contributed by atoms with E-state index in [2.05, 4.69) is 15.3 Å². The molecule has 30 heavy (non-hydrogen) atoms. The van der Waals surface area contributed by atoms with E-state index in [1.54, 1.807) is 17.0 Å². The monoisotopic (exact) mass is 415 g/mol. The molecule has 4 rings (SSSR count). The lowest BCUT2D eigenvalue weighted by atomic mass is 10.2. The summed E-state index contributed by atoms with van der Waals surface area (Å²) in [5, 5.41) is 2.78. The Kier molecular flexibility index (Phi) is 5.55. The van der Waals surface area contributed by atoms with Crippen LogP contribution in [0.4, 0.5) is 20.7 Å². The van der Waals surface area contributed by atoms with Gasteiger partial charge in [-0.2, -0.15) is 4.98 Å². The number of piperazine rings is 1. The van der Waals surface area contributed by atoms with Crippen LogP contribution < -0.4 is 19.7 Å². The minimum absolute atomic E-state index is 0.207. The van der Waals surface area contributed by atoms with Gasteiger partial charge in [-0.05, 0) is 13.0 Å². The first-order chi connectivity index (χ1) is 14.6. The number of nitrogens with one attached hydrogen (secondary N) is 1. The van der Waals surface area contributed by atoms with Gasteiger partial charge in [-0.15, -0.1) is 0 Å². The van der Waals surface area contributed by atoms with Gasteiger partial charge in [0.1, 0.15) is 17.1 Å². The van der Waals surface area contributed by atoms with Crippen LogP contribution in [0, 0.1) is 5.82 Å². The molecule has 1 fully saturated rings. The van der Waals surface area contributed by atoms with Gasteiger partial charge < -0.3 is 23.7 Å². The van der Waals surface area contributed by atoms with Crippen LogP contribution in [0.5, 0.6) is 11.6 Å². The van der Waals surface area contributed by atoms with Crippen molar-refractivity contribution in [1.29, 1.82) is 0 Å². The lowest BCUT2D eigenvalue weighted by molar-refractivity contribution is 0.208. The number of carbonyl (C=O) groups excluding carboxylic acids is 1. The van der Waals surface area contributed by atoms with E-state index in [1.165, 1.54) is 25.5 Å². The van der Waals surface area contributed by atoms with Crippen LogP contribution in [0.2, 0.25) is 0 Å². The summed E-state index contributed by atoms with van der Waals surface area (Å²) in [5.74, 6) is 0.551. The smallest absolute Gasteiger partial charge is 0.323 e. The first-order valence-corrected chi connectivity index (χ1v) is 9.61. The summed E-state index contributed by atoms with van der Waals surface area (Å²) in [7, 11) is 1.50. The Morgan fingerprint density at radius 1 is 1.23 bits per heavy atom. The number of amides is 2. The molecule has 1 aromatic carbocycles. The maximum absolute atomic E-state index is 13.8. The fourth-order valence-electron chi connectivity index (χ4n) is 3.29. The third-order valence-electron chi connectivity index (χ3n) is 4.79. The van der Waals surface area contributed by atoms with Crippen LogP contribution in [-0.4, -0.2) is 60.8 Å². The second-order valence-corrected chi connectivity index (χ2v) is 6.67. The molecule has 0 aliphatic carbocycles. The van der Waals surface area contributed by atoms with Crippen molar-refractivity contribution in [3.63, 3.8) is 0 Å². The first-order valence-electron chi connectivity index (χ1n) is 9.61. The van der Waals surface area contributed by atoms with Crippen molar-refractivity contribution in [2.24, 2.45) is 0 Å². The Bertz CT molecular complexity index is 1050. The average molecular weight is 415 g/mol. The van der Waals surface area contributed by atoms with E-state index in [9.17, 15) is 9.18 Å². The third kappa shape index (κ3) is 4.07. The summed E-state index contributed by atoms with van der Waals surface area (Å²) in [6, 6.07) is 5.94. The SMILES string of the molecule is CCOc1nc2occc2nc1NC(=O)N1CCN(c2cc(F)cc(OC)c2)CC1. The number of anilines is 2. The molecule has 1 saturated heterocycles. The molecule has 3 heterocycles. The van der Waals surface area contributed by atoms with E-state index >= 15 is 0 Å². The predicted octanol–water partition coefficient (Wildman–Crippen LogP) is 3.12. The number of furan rings is 1. The fourth-order valence-corrected chi connectivity index (χ4v) is 3.29. The summed E-state index contributed by atoms with van der Waals surface area (Å²) in [6.45, 7) is 4.25. The summed E-state index contributed by atoms with van der Waals surface area (Å²) in [6.07, 6.45) is 1.48. The van der Waals surface area contributed by atoms with Gasteiger partial charge in [-0.1, -0.05) is 0 Å². The van der Waals surface area contributed by atoms with Crippen molar-refractivity contribution in [2.75, 3.05) is 50.1 Å². The summed E-state index contributed by atoms with van der Waals surface area (Å²) >= 11 is 0. The van der Waals surface area contributed by atoms with Crippen molar-refractivity contribution in [1.82, 2.24) is 14.9 Å². The zero-order chi connectivity index (χ0) is 21.1. The van der Waals surface area contributed by atoms with Crippen LogP contribution in [0.1, 0.15) is 6.92 Å². The number of aromatic nitrogens is 2. The van der Waals surface area contributed by atoms with Crippen molar-refractivity contribution < 1.29 is 23.1 Å². The number of carbonyl (C=O) groups is 1. The molecule has 10 heteroatoms. The highest BCUT2D eigenvalue weighted by Crippen LogP contribution is 2.26. The normalized spacial score (nSPS) is 14.1. The molecule has 1 N–H and O–H groups in total. The number of hydrogen-bond acceptors (Lipinski definition) is 7. The van der Waals surface area contributed by atoms with Gasteiger partial charge in [-0.25, -0.2) is 14.2 Å². The Balaban J connectivity index is 1.43. The number of hydrogen-bond donors (Lipinski definition) is 1. The minimum Gasteiger partial charge on any atom is -0.497 e. The standard InChI is InChI=1S/C20H22FN5O4/c1-3-29-19-17(22-16-4-9-30-18(16)24-19)23-20(27)26-7-5-25(6-8-26)14-10-13(21)11-15(12-14)28-2/h4,9-12H,3,5-8H2,1-2H3,(H,22,23,27). The Morgan fingerprint density at radius 3 is 2.77 bits per heavy atom. The first kappa shape index (κ1) is 19.7. The summed E-state index contributed by atoms with van der Waals surface area (Å²) < 4.78 is 29.7.